The Bertz CT molecular complexity index is 772. The first-order valence-electron chi connectivity index (χ1n) is 6.89. The van der Waals surface area contributed by atoms with Gasteiger partial charge in [-0.2, -0.15) is 0 Å². The molecular weight excluding hydrogens is 427 g/mol. The van der Waals surface area contributed by atoms with Gasteiger partial charge in [0.1, 0.15) is 22.8 Å². The molecular formula is C17H15IO6. The van der Waals surface area contributed by atoms with Crippen molar-refractivity contribution in [1.82, 2.24) is 0 Å². The number of phenolic OH excluding ortho intramolecular Hbond substituents is 1. The molecule has 1 N–H and O–H groups in total. The van der Waals surface area contributed by atoms with Crippen molar-refractivity contribution < 1.29 is 28.9 Å². The van der Waals surface area contributed by atoms with Crippen LogP contribution in [0.4, 0.5) is 0 Å². The number of carbonyl (C=O) groups excluding carboxylic acids is 2. The monoisotopic (exact) mass is 442 g/mol. The number of methoxy groups -OCH3 is 2. The lowest BCUT2D eigenvalue weighted by molar-refractivity contribution is -0.137. The largest absolute Gasteiger partial charge is 0.507 e. The number of hydrogen-bond donors (Lipinski definition) is 1. The van der Waals surface area contributed by atoms with Crippen LogP contribution in [-0.4, -0.2) is 31.3 Å². The van der Waals surface area contributed by atoms with Crippen LogP contribution in [0.25, 0.3) is 0 Å². The van der Waals surface area contributed by atoms with Crippen LogP contribution in [0.1, 0.15) is 15.9 Å². The summed E-state index contributed by atoms with van der Waals surface area (Å²) in [5, 5.41) is 9.70. The van der Waals surface area contributed by atoms with Gasteiger partial charge in [0, 0.05) is 15.2 Å². The second kappa shape index (κ2) is 8.00. The van der Waals surface area contributed by atoms with Crippen LogP contribution in [0.15, 0.2) is 36.4 Å². The Kier molecular flexibility index (Phi) is 6.02. The molecule has 0 aliphatic carbocycles. The van der Waals surface area contributed by atoms with Crippen LogP contribution in [0.5, 0.6) is 17.2 Å². The fourth-order valence-electron chi connectivity index (χ4n) is 2.02. The number of carbonyl (C=O) groups is 2. The minimum atomic E-state index is -0.900. The van der Waals surface area contributed by atoms with Gasteiger partial charge in [-0.15, -0.1) is 0 Å². The summed E-state index contributed by atoms with van der Waals surface area (Å²) in [6.45, 7) is 0. The van der Waals surface area contributed by atoms with Gasteiger partial charge in [-0.25, -0.2) is 4.79 Å². The summed E-state index contributed by atoms with van der Waals surface area (Å²) in [4.78, 5) is 24.0. The predicted octanol–water partition coefficient (Wildman–Crippen LogP) is 2.94. The van der Waals surface area contributed by atoms with E-state index in [1.807, 2.05) is 22.6 Å². The average molecular weight is 442 g/mol. The van der Waals surface area contributed by atoms with E-state index in [4.69, 9.17) is 14.2 Å². The maximum absolute atomic E-state index is 12.0. The summed E-state index contributed by atoms with van der Waals surface area (Å²) in [6, 6.07) is 9.42. The third kappa shape index (κ3) is 4.38. The van der Waals surface area contributed by atoms with Crippen LogP contribution in [0.3, 0.4) is 0 Å². The molecule has 0 amide bonds. The van der Waals surface area contributed by atoms with E-state index in [9.17, 15) is 14.7 Å². The molecule has 0 aromatic heterocycles. The summed E-state index contributed by atoms with van der Waals surface area (Å²) in [5.41, 5.74) is 0.500. The first kappa shape index (κ1) is 18.1. The lowest BCUT2D eigenvalue weighted by Crippen LogP contribution is -2.15. The molecule has 7 heteroatoms. The number of rotatable bonds is 5. The smallest absolute Gasteiger partial charge is 0.349 e. The first-order chi connectivity index (χ1) is 11.4. The van der Waals surface area contributed by atoms with Crippen molar-refractivity contribution in [2.75, 3.05) is 14.2 Å². The maximum atomic E-state index is 12.0. The molecule has 6 nitrogen and oxygen atoms in total. The molecule has 0 bridgehead atoms. The quantitative estimate of drug-likeness (QED) is 0.436. The van der Waals surface area contributed by atoms with E-state index in [-0.39, 0.29) is 17.7 Å². The van der Waals surface area contributed by atoms with E-state index in [1.165, 1.54) is 26.4 Å². The van der Waals surface area contributed by atoms with Crippen LogP contribution < -0.4 is 9.47 Å². The van der Waals surface area contributed by atoms with E-state index in [1.54, 1.807) is 24.3 Å². The Balaban J connectivity index is 2.10. The molecule has 0 saturated carbocycles. The van der Waals surface area contributed by atoms with Crippen molar-refractivity contribution in [2.45, 2.75) is 6.42 Å². The highest BCUT2D eigenvalue weighted by molar-refractivity contribution is 14.1. The van der Waals surface area contributed by atoms with Gasteiger partial charge in [-0.1, -0.05) is 6.07 Å². The topological polar surface area (TPSA) is 82.1 Å². The minimum absolute atomic E-state index is 0.0584. The van der Waals surface area contributed by atoms with Gasteiger partial charge < -0.3 is 19.3 Å². The normalized spacial score (nSPS) is 10.1. The molecule has 2 aromatic carbocycles. The lowest BCUT2D eigenvalue weighted by Gasteiger charge is -2.10. The van der Waals surface area contributed by atoms with Gasteiger partial charge in [-0.05, 0) is 46.9 Å². The summed E-state index contributed by atoms with van der Waals surface area (Å²) >= 11 is 1.99. The lowest BCUT2D eigenvalue weighted by atomic mass is 10.1. The number of halogens is 1. The van der Waals surface area contributed by atoms with Crippen molar-refractivity contribution in [3.05, 3.63) is 51.1 Å². The fraction of sp³-hybridized carbons (Fsp3) is 0.176. The summed E-state index contributed by atoms with van der Waals surface area (Å²) in [6.07, 6.45) is -0.149. The standard InChI is InChI=1S/C17H15IO6/c1-22-12-5-3-10(15(9-12)23-2)7-16(20)24-17(21)13-8-11(18)4-6-14(13)19/h3-6,8-9,19H,7H2,1-2H3. The molecule has 24 heavy (non-hydrogen) atoms. The van der Waals surface area contributed by atoms with E-state index >= 15 is 0 Å². The third-order valence-electron chi connectivity index (χ3n) is 3.21. The molecule has 0 atom stereocenters. The molecule has 2 rings (SSSR count). The van der Waals surface area contributed by atoms with Crippen molar-refractivity contribution in [2.24, 2.45) is 0 Å². The summed E-state index contributed by atoms with van der Waals surface area (Å²) in [7, 11) is 2.99. The van der Waals surface area contributed by atoms with E-state index in [0.29, 0.717) is 17.1 Å². The van der Waals surface area contributed by atoms with Crippen molar-refractivity contribution >= 4 is 34.5 Å². The summed E-state index contributed by atoms with van der Waals surface area (Å²) in [5.74, 6) is -0.847. The zero-order valence-electron chi connectivity index (χ0n) is 13.0. The van der Waals surface area contributed by atoms with Gasteiger partial charge in [0.25, 0.3) is 0 Å². The zero-order chi connectivity index (χ0) is 17.7. The molecule has 126 valence electrons. The van der Waals surface area contributed by atoms with Crippen LogP contribution >= 0.6 is 22.6 Å². The van der Waals surface area contributed by atoms with Gasteiger partial charge in [-0.3, -0.25) is 4.79 Å². The van der Waals surface area contributed by atoms with E-state index < -0.39 is 11.9 Å². The summed E-state index contributed by atoms with van der Waals surface area (Å²) < 4.78 is 15.8. The van der Waals surface area contributed by atoms with Gasteiger partial charge in [0.05, 0.1) is 20.6 Å². The number of esters is 2. The van der Waals surface area contributed by atoms with Gasteiger partial charge in [0.2, 0.25) is 0 Å². The Hall–Kier alpha value is -2.29. The highest BCUT2D eigenvalue weighted by atomic mass is 127. The van der Waals surface area contributed by atoms with E-state index in [2.05, 4.69) is 0 Å². The number of phenols is 1. The van der Waals surface area contributed by atoms with Gasteiger partial charge >= 0.3 is 11.9 Å². The van der Waals surface area contributed by atoms with Crippen LogP contribution in [-0.2, 0) is 16.0 Å². The first-order valence-corrected chi connectivity index (χ1v) is 7.97. The van der Waals surface area contributed by atoms with Crippen LogP contribution in [0.2, 0.25) is 0 Å². The Morgan fingerprint density at radius 1 is 1.08 bits per heavy atom. The second-order valence-corrected chi connectivity index (χ2v) is 6.02. The molecule has 0 spiro atoms. The van der Waals surface area contributed by atoms with Crippen LogP contribution in [0, 0.1) is 3.57 Å². The fourth-order valence-corrected chi connectivity index (χ4v) is 2.51. The molecule has 0 aliphatic heterocycles. The van der Waals surface area contributed by atoms with Crippen molar-refractivity contribution in [3.63, 3.8) is 0 Å². The Labute approximate surface area is 152 Å². The minimum Gasteiger partial charge on any atom is -0.507 e. The average Bonchev–Trinajstić information content (AvgIpc) is 2.57. The second-order valence-electron chi connectivity index (χ2n) is 4.78. The number of hydrogen-bond acceptors (Lipinski definition) is 6. The zero-order valence-corrected chi connectivity index (χ0v) is 15.2. The number of ether oxygens (including phenoxy) is 3. The molecule has 0 fully saturated rings. The molecule has 0 saturated heterocycles. The molecule has 0 unspecified atom stereocenters. The molecule has 0 radical (unpaired) electrons. The Morgan fingerprint density at radius 2 is 1.83 bits per heavy atom. The third-order valence-corrected chi connectivity index (χ3v) is 3.89. The highest BCUT2D eigenvalue weighted by Gasteiger charge is 2.19. The number of aromatic hydroxyl groups is 1. The highest BCUT2D eigenvalue weighted by Crippen LogP contribution is 2.25. The predicted molar refractivity (Wildman–Crippen MR) is 94.5 cm³/mol. The molecule has 2 aromatic rings. The SMILES string of the molecule is COc1ccc(CC(=O)OC(=O)c2cc(I)ccc2O)c(OC)c1. The van der Waals surface area contributed by atoms with Gasteiger partial charge in [0.15, 0.2) is 0 Å². The number of benzene rings is 2. The van der Waals surface area contributed by atoms with Crippen molar-refractivity contribution in [1.29, 1.82) is 0 Å². The molecule has 0 heterocycles. The van der Waals surface area contributed by atoms with E-state index in [0.717, 1.165) is 3.57 Å². The van der Waals surface area contributed by atoms with Crippen molar-refractivity contribution in [3.8, 4) is 17.2 Å². The maximum Gasteiger partial charge on any atom is 0.349 e. The Morgan fingerprint density at radius 3 is 2.50 bits per heavy atom. The molecule has 0 aliphatic rings.